The average molecular weight is 339 g/mol. The predicted octanol–water partition coefficient (Wildman–Crippen LogP) is 2.51. The molecule has 7 heteroatoms. The molecule has 106 valence electrons. The second-order valence-electron chi connectivity index (χ2n) is 4.36. The fourth-order valence-electron chi connectivity index (χ4n) is 2.27. The van der Waals surface area contributed by atoms with Crippen LogP contribution in [0.25, 0.3) is 0 Å². The van der Waals surface area contributed by atoms with Gasteiger partial charge in [-0.05, 0) is 28.1 Å². The van der Waals surface area contributed by atoms with E-state index in [1.165, 1.54) is 11.0 Å². The molecule has 1 aromatic carbocycles. The number of phenols is 1. The van der Waals surface area contributed by atoms with E-state index in [4.69, 9.17) is 0 Å². The Morgan fingerprint density at radius 3 is 2.47 bits per heavy atom. The number of nitrogens with zero attached hydrogens (tertiary/aromatic N) is 1. The summed E-state index contributed by atoms with van der Waals surface area (Å²) in [6.45, 7) is 1.92. The molecule has 2 rings (SSSR count). The van der Waals surface area contributed by atoms with Crippen molar-refractivity contribution in [3.63, 3.8) is 0 Å². The third-order valence-corrected chi connectivity index (χ3v) is 3.83. The van der Waals surface area contributed by atoms with Gasteiger partial charge in [-0.1, -0.05) is 0 Å². The van der Waals surface area contributed by atoms with Crippen molar-refractivity contribution in [2.75, 3.05) is 26.2 Å². The molecule has 0 saturated carbocycles. The van der Waals surface area contributed by atoms with Crippen LogP contribution >= 0.6 is 15.9 Å². The standard InChI is InChI=1S/C12H14BrF3N2O/c13-7-1-2-8(14)9(11(7)19)10(12(15)16)18-5-3-17-4-6-18/h1-2,10,12,17,19H,3-6H2/t10-/m0/s1. The number of piperazine rings is 1. The van der Waals surface area contributed by atoms with Crippen LogP contribution in [-0.4, -0.2) is 42.6 Å². The maximum atomic E-state index is 13.8. The Balaban J connectivity index is 2.41. The molecule has 1 aliphatic heterocycles. The van der Waals surface area contributed by atoms with Crippen molar-refractivity contribution in [3.05, 3.63) is 28.0 Å². The van der Waals surface area contributed by atoms with Gasteiger partial charge in [0.2, 0.25) is 0 Å². The number of phenolic OH excluding ortho intramolecular Hbond substituents is 1. The molecule has 0 aliphatic carbocycles. The number of alkyl halides is 2. The van der Waals surface area contributed by atoms with Crippen molar-refractivity contribution < 1.29 is 18.3 Å². The van der Waals surface area contributed by atoms with E-state index >= 15 is 0 Å². The van der Waals surface area contributed by atoms with E-state index in [2.05, 4.69) is 21.2 Å². The summed E-state index contributed by atoms with van der Waals surface area (Å²) in [6, 6.07) is 0.949. The molecule has 1 saturated heterocycles. The Morgan fingerprint density at radius 2 is 1.89 bits per heavy atom. The fraction of sp³-hybridized carbons (Fsp3) is 0.500. The van der Waals surface area contributed by atoms with Crippen molar-refractivity contribution in [2.24, 2.45) is 0 Å². The third kappa shape index (κ3) is 3.04. The summed E-state index contributed by atoms with van der Waals surface area (Å²) in [4.78, 5) is 1.49. The molecule has 0 spiro atoms. The Hall–Kier alpha value is -0.790. The lowest BCUT2D eigenvalue weighted by molar-refractivity contribution is 0.0151. The van der Waals surface area contributed by atoms with E-state index in [-0.39, 0.29) is 10.0 Å². The molecule has 1 fully saturated rings. The Labute approximate surface area is 117 Å². The van der Waals surface area contributed by atoms with Gasteiger partial charge < -0.3 is 10.4 Å². The van der Waals surface area contributed by atoms with Gasteiger partial charge in [0.05, 0.1) is 10.0 Å². The molecule has 0 bridgehead atoms. The first-order valence-corrected chi connectivity index (χ1v) is 6.71. The van der Waals surface area contributed by atoms with Crippen molar-refractivity contribution in [2.45, 2.75) is 12.5 Å². The second-order valence-corrected chi connectivity index (χ2v) is 5.21. The van der Waals surface area contributed by atoms with Crippen LogP contribution in [0.1, 0.15) is 11.6 Å². The van der Waals surface area contributed by atoms with Crippen molar-refractivity contribution in [1.82, 2.24) is 10.2 Å². The molecule has 0 radical (unpaired) electrons. The van der Waals surface area contributed by atoms with Gasteiger partial charge in [0, 0.05) is 26.2 Å². The summed E-state index contributed by atoms with van der Waals surface area (Å²) in [5.74, 6) is -1.27. The normalized spacial score (nSPS) is 18.8. The molecular formula is C12H14BrF3N2O. The summed E-state index contributed by atoms with van der Waals surface area (Å²) >= 11 is 3.03. The van der Waals surface area contributed by atoms with Gasteiger partial charge in [-0.3, -0.25) is 4.90 Å². The molecule has 1 heterocycles. The van der Waals surface area contributed by atoms with Gasteiger partial charge in [-0.2, -0.15) is 0 Å². The predicted molar refractivity (Wildman–Crippen MR) is 69.0 cm³/mol. The van der Waals surface area contributed by atoms with Crippen LogP contribution in [0.2, 0.25) is 0 Å². The molecule has 0 aromatic heterocycles. The van der Waals surface area contributed by atoms with Crippen molar-refractivity contribution in [1.29, 1.82) is 0 Å². The van der Waals surface area contributed by atoms with E-state index in [0.29, 0.717) is 26.2 Å². The van der Waals surface area contributed by atoms with Crippen LogP contribution in [0.5, 0.6) is 5.75 Å². The van der Waals surface area contributed by atoms with E-state index in [0.717, 1.165) is 6.07 Å². The first-order valence-electron chi connectivity index (χ1n) is 5.92. The number of benzene rings is 1. The quantitative estimate of drug-likeness (QED) is 0.888. The smallest absolute Gasteiger partial charge is 0.258 e. The number of rotatable bonds is 3. The van der Waals surface area contributed by atoms with Crippen LogP contribution in [0, 0.1) is 5.82 Å². The Morgan fingerprint density at radius 1 is 1.26 bits per heavy atom. The van der Waals surface area contributed by atoms with Crippen LogP contribution in [0.3, 0.4) is 0 Å². The summed E-state index contributed by atoms with van der Waals surface area (Å²) < 4.78 is 40.7. The van der Waals surface area contributed by atoms with Gasteiger partial charge in [0.15, 0.2) is 0 Å². The molecule has 2 N–H and O–H groups in total. The second kappa shape index (κ2) is 6.11. The first-order chi connectivity index (χ1) is 9.02. The monoisotopic (exact) mass is 338 g/mol. The molecule has 1 atom stereocenters. The van der Waals surface area contributed by atoms with Gasteiger partial charge in [-0.15, -0.1) is 0 Å². The fourth-order valence-corrected chi connectivity index (χ4v) is 2.61. The maximum Gasteiger partial charge on any atom is 0.258 e. The largest absolute Gasteiger partial charge is 0.506 e. The molecule has 3 nitrogen and oxygen atoms in total. The summed E-state index contributed by atoms with van der Waals surface area (Å²) in [6.07, 6.45) is -2.77. The molecule has 19 heavy (non-hydrogen) atoms. The lowest BCUT2D eigenvalue weighted by atomic mass is 10.0. The van der Waals surface area contributed by atoms with E-state index < -0.39 is 24.0 Å². The highest BCUT2D eigenvalue weighted by Gasteiger charge is 2.34. The molecular weight excluding hydrogens is 325 g/mol. The molecule has 1 aliphatic rings. The third-order valence-electron chi connectivity index (χ3n) is 3.19. The topological polar surface area (TPSA) is 35.5 Å². The highest BCUT2D eigenvalue weighted by molar-refractivity contribution is 9.10. The Bertz CT molecular complexity index is 453. The van der Waals surface area contributed by atoms with Crippen molar-refractivity contribution >= 4 is 15.9 Å². The van der Waals surface area contributed by atoms with Gasteiger partial charge in [-0.25, -0.2) is 13.2 Å². The van der Waals surface area contributed by atoms with Crippen LogP contribution in [0.15, 0.2) is 16.6 Å². The van der Waals surface area contributed by atoms with E-state index in [1.807, 2.05) is 0 Å². The SMILES string of the molecule is Oc1c(Br)ccc(F)c1[C@@H](C(F)F)N1CCNCC1. The van der Waals surface area contributed by atoms with Crippen molar-refractivity contribution in [3.8, 4) is 5.75 Å². The number of halogens is 4. The van der Waals surface area contributed by atoms with E-state index in [1.54, 1.807) is 0 Å². The minimum absolute atomic E-state index is 0.213. The molecule has 0 amide bonds. The minimum atomic E-state index is -2.77. The summed E-state index contributed by atoms with van der Waals surface area (Å²) in [5.41, 5.74) is -0.341. The summed E-state index contributed by atoms with van der Waals surface area (Å²) in [7, 11) is 0. The van der Waals surface area contributed by atoms with Gasteiger partial charge in [0.25, 0.3) is 6.43 Å². The lowest BCUT2D eigenvalue weighted by Gasteiger charge is -2.35. The first kappa shape index (κ1) is 14.6. The number of hydrogen-bond donors (Lipinski definition) is 2. The zero-order valence-corrected chi connectivity index (χ0v) is 11.6. The van der Waals surface area contributed by atoms with Gasteiger partial charge >= 0.3 is 0 Å². The molecule has 1 aromatic rings. The maximum absolute atomic E-state index is 13.8. The summed E-state index contributed by atoms with van der Waals surface area (Å²) in [5, 5.41) is 12.9. The molecule has 0 unspecified atom stereocenters. The lowest BCUT2D eigenvalue weighted by Crippen LogP contribution is -2.47. The van der Waals surface area contributed by atoms with Crippen LogP contribution in [-0.2, 0) is 0 Å². The van der Waals surface area contributed by atoms with Crippen LogP contribution < -0.4 is 5.32 Å². The zero-order valence-electron chi connectivity index (χ0n) is 10.0. The minimum Gasteiger partial charge on any atom is -0.506 e. The van der Waals surface area contributed by atoms with Crippen LogP contribution in [0.4, 0.5) is 13.2 Å². The highest BCUT2D eigenvalue weighted by atomic mass is 79.9. The number of aromatic hydroxyl groups is 1. The highest BCUT2D eigenvalue weighted by Crippen LogP contribution is 2.39. The number of hydrogen-bond acceptors (Lipinski definition) is 3. The average Bonchev–Trinajstić information content (AvgIpc) is 2.39. The Kier molecular flexibility index (Phi) is 4.70. The number of nitrogens with one attached hydrogen (secondary N) is 1. The zero-order chi connectivity index (χ0) is 14.0. The van der Waals surface area contributed by atoms with E-state index in [9.17, 15) is 18.3 Å². The van der Waals surface area contributed by atoms with Gasteiger partial charge in [0.1, 0.15) is 17.6 Å².